The summed E-state index contributed by atoms with van der Waals surface area (Å²) in [5.41, 5.74) is 7.30. The summed E-state index contributed by atoms with van der Waals surface area (Å²) in [6, 6.07) is 7.63. The lowest BCUT2D eigenvalue weighted by atomic mass is 9.80. The molecule has 0 unspecified atom stereocenters. The van der Waals surface area contributed by atoms with E-state index in [1.807, 2.05) is 38.1 Å². The second kappa shape index (κ2) is 2.74. The van der Waals surface area contributed by atoms with Crippen LogP contribution in [0.2, 0.25) is 0 Å². The Morgan fingerprint density at radius 2 is 2.07 bits per heavy atom. The Labute approximate surface area is 83.3 Å². The molecule has 3 N–H and O–H groups in total. The van der Waals surface area contributed by atoms with Gasteiger partial charge in [0.25, 0.3) is 0 Å². The topological polar surface area (TPSA) is 55.1 Å². The van der Waals surface area contributed by atoms with E-state index in [-0.39, 0.29) is 17.4 Å². The van der Waals surface area contributed by atoms with Gasteiger partial charge in [0, 0.05) is 11.1 Å². The summed E-state index contributed by atoms with van der Waals surface area (Å²) in [5, 5.41) is 3.15. The van der Waals surface area contributed by atoms with E-state index >= 15 is 0 Å². The fourth-order valence-corrected chi connectivity index (χ4v) is 2.09. The van der Waals surface area contributed by atoms with Crippen molar-refractivity contribution in [3.63, 3.8) is 0 Å². The molecule has 14 heavy (non-hydrogen) atoms. The largest absolute Gasteiger partial charge is 0.373 e. The average molecular weight is 190 g/mol. The van der Waals surface area contributed by atoms with Gasteiger partial charge in [0.2, 0.25) is 5.91 Å². The van der Waals surface area contributed by atoms with E-state index < -0.39 is 0 Å². The van der Waals surface area contributed by atoms with E-state index in [1.54, 1.807) is 0 Å². The van der Waals surface area contributed by atoms with Gasteiger partial charge in [-0.3, -0.25) is 4.79 Å². The van der Waals surface area contributed by atoms with Gasteiger partial charge in [-0.05, 0) is 11.6 Å². The highest BCUT2D eigenvalue weighted by atomic mass is 16.1. The van der Waals surface area contributed by atoms with E-state index in [0.717, 1.165) is 11.3 Å². The molecule has 0 aromatic heterocycles. The van der Waals surface area contributed by atoms with Crippen molar-refractivity contribution in [1.82, 2.24) is 0 Å². The number of para-hydroxylation sites is 1. The van der Waals surface area contributed by atoms with Crippen molar-refractivity contribution in [3.8, 4) is 0 Å². The number of anilines is 1. The summed E-state index contributed by atoms with van der Waals surface area (Å²) >= 11 is 0. The predicted molar refractivity (Wildman–Crippen MR) is 56.1 cm³/mol. The SMILES string of the molecule is CC1(C)c2ccccc2N[C@@H]1C(N)=O. The Balaban J connectivity index is 2.50. The molecule has 3 heteroatoms. The third-order valence-electron chi connectivity index (χ3n) is 2.93. The Kier molecular flexibility index (Phi) is 1.77. The van der Waals surface area contributed by atoms with Crippen molar-refractivity contribution in [3.05, 3.63) is 29.8 Å². The van der Waals surface area contributed by atoms with Crippen LogP contribution in [0, 0.1) is 0 Å². The zero-order chi connectivity index (χ0) is 10.3. The number of amides is 1. The lowest BCUT2D eigenvalue weighted by Crippen LogP contribution is -2.44. The highest BCUT2D eigenvalue weighted by molar-refractivity contribution is 5.88. The first-order valence-electron chi connectivity index (χ1n) is 4.69. The number of primary amides is 1. The van der Waals surface area contributed by atoms with Gasteiger partial charge in [0.05, 0.1) is 0 Å². The zero-order valence-corrected chi connectivity index (χ0v) is 8.37. The normalized spacial score (nSPS) is 22.6. The zero-order valence-electron chi connectivity index (χ0n) is 8.37. The summed E-state index contributed by atoms with van der Waals surface area (Å²) in [6.07, 6.45) is 0. The van der Waals surface area contributed by atoms with Gasteiger partial charge in [-0.25, -0.2) is 0 Å². The van der Waals surface area contributed by atoms with Gasteiger partial charge in [-0.1, -0.05) is 32.0 Å². The van der Waals surface area contributed by atoms with Gasteiger partial charge in [0.15, 0.2) is 0 Å². The third-order valence-corrected chi connectivity index (χ3v) is 2.93. The molecule has 0 spiro atoms. The van der Waals surface area contributed by atoms with Gasteiger partial charge in [-0.15, -0.1) is 0 Å². The Morgan fingerprint density at radius 3 is 2.64 bits per heavy atom. The molecule has 0 fully saturated rings. The summed E-state index contributed by atoms with van der Waals surface area (Å²) in [5.74, 6) is -0.300. The fourth-order valence-electron chi connectivity index (χ4n) is 2.09. The number of nitrogens with two attached hydrogens (primary N) is 1. The standard InChI is InChI=1S/C11H14N2O/c1-11(2)7-5-3-4-6-8(7)13-9(11)10(12)14/h3-6,9,13H,1-2H3,(H2,12,14)/t9-/m1/s1. The number of rotatable bonds is 1. The fraction of sp³-hybridized carbons (Fsp3) is 0.364. The summed E-state index contributed by atoms with van der Waals surface area (Å²) < 4.78 is 0. The highest BCUT2D eigenvalue weighted by Crippen LogP contribution is 2.40. The third kappa shape index (κ3) is 1.09. The molecule has 1 aromatic rings. The van der Waals surface area contributed by atoms with Crippen molar-refractivity contribution in [1.29, 1.82) is 0 Å². The van der Waals surface area contributed by atoms with E-state index in [0.29, 0.717) is 0 Å². The second-order valence-electron chi connectivity index (χ2n) is 4.25. The molecule has 1 heterocycles. The molecule has 0 bridgehead atoms. The van der Waals surface area contributed by atoms with Crippen LogP contribution < -0.4 is 11.1 Å². The van der Waals surface area contributed by atoms with Crippen LogP contribution in [-0.4, -0.2) is 11.9 Å². The molecule has 1 aliphatic rings. The molecule has 0 aliphatic carbocycles. The first kappa shape index (κ1) is 9.06. The molecule has 0 saturated carbocycles. The van der Waals surface area contributed by atoms with Gasteiger partial charge in [-0.2, -0.15) is 0 Å². The van der Waals surface area contributed by atoms with Crippen molar-refractivity contribution in [2.45, 2.75) is 25.3 Å². The first-order chi connectivity index (χ1) is 6.53. The summed E-state index contributed by atoms with van der Waals surface area (Å²) in [4.78, 5) is 11.2. The predicted octanol–water partition coefficient (Wildman–Crippen LogP) is 1.24. The van der Waals surface area contributed by atoms with Gasteiger partial charge < -0.3 is 11.1 Å². The van der Waals surface area contributed by atoms with Crippen molar-refractivity contribution < 1.29 is 4.79 Å². The van der Waals surface area contributed by atoms with Crippen molar-refractivity contribution in [2.75, 3.05) is 5.32 Å². The molecule has 3 nitrogen and oxygen atoms in total. The number of carbonyl (C=O) groups is 1. The number of hydrogen-bond acceptors (Lipinski definition) is 2. The number of nitrogens with one attached hydrogen (secondary N) is 1. The molecule has 1 aliphatic heterocycles. The van der Waals surface area contributed by atoms with Crippen LogP contribution in [0.5, 0.6) is 0 Å². The maximum absolute atomic E-state index is 11.2. The van der Waals surface area contributed by atoms with Crippen molar-refractivity contribution >= 4 is 11.6 Å². The summed E-state index contributed by atoms with van der Waals surface area (Å²) in [6.45, 7) is 4.06. The van der Waals surface area contributed by atoms with Crippen molar-refractivity contribution in [2.24, 2.45) is 5.73 Å². The lowest BCUT2D eigenvalue weighted by molar-refractivity contribution is -0.119. The van der Waals surface area contributed by atoms with E-state index in [2.05, 4.69) is 5.32 Å². The molecule has 0 saturated heterocycles. The number of benzene rings is 1. The van der Waals surface area contributed by atoms with Crippen LogP contribution in [0.25, 0.3) is 0 Å². The van der Waals surface area contributed by atoms with Crippen LogP contribution in [0.3, 0.4) is 0 Å². The van der Waals surface area contributed by atoms with E-state index in [4.69, 9.17) is 5.73 Å². The number of hydrogen-bond donors (Lipinski definition) is 2. The highest BCUT2D eigenvalue weighted by Gasteiger charge is 2.42. The minimum absolute atomic E-state index is 0.220. The molecular weight excluding hydrogens is 176 g/mol. The number of carbonyl (C=O) groups excluding carboxylic acids is 1. The van der Waals surface area contributed by atoms with Gasteiger partial charge in [0.1, 0.15) is 6.04 Å². The van der Waals surface area contributed by atoms with Crippen LogP contribution in [-0.2, 0) is 10.2 Å². The Hall–Kier alpha value is -1.51. The first-order valence-corrected chi connectivity index (χ1v) is 4.69. The van der Waals surface area contributed by atoms with Crippen LogP contribution in [0.15, 0.2) is 24.3 Å². The summed E-state index contributed by atoms with van der Waals surface area (Å²) in [7, 11) is 0. The minimum Gasteiger partial charge on any atom is -0.373 e. The van der Waals surface area contributed by atoms with E-state index in [1.165, 1.54) is 0 Å². The minimum atomic E-state index is -0.306. The van der Waals surface area contributed by atoms with Gasteiger partial charge >= 0.3 is 0 Å². The molecular formula is C11H14N2O. The molecule has 1 amide bonds. The molecule has 1 atom stereocenters. The number of fused-ring (bicyclic) bond motifs is 1. The second-order valence-corrected chi connectivity index (χ2v) is 4.25. The Morgan fingerprint density at radius 1 is 1.43 bits per heavy atom. The van der Waals surface area contributed by atoms with E-state index in [9.17, 15) is 4.79 Å². The van der Waals surface area contributed by atoms with Crippen LogP contribution in [0.4, 0.5) is 5.69 Å². The molecule has 74 valence electrons. The maximum atomic E-state index is 11.2. The van der Waals surface area contributed by atoms with Crippen LogP contribution >= 0.6 is 0 Å². The molecule has 0 radical (unpaired) electrons. The monoisotopic (exact) mass is 190 g/mol. The maximum Gasteiger partial charge on any atom is 0.240 e. The van der Waals surface area contributed by atoms with Crippen LogP contribution in [0.1, 0.15) is 19.4 Å². The smallest absolute Gasteiger partial charge is 0.240 e. The Bertz CT molecular complexity index is 385. The average Bonchev–Trinajstić information content (AvgIpc) is 2.39. The lowest BCUT2D eigenvalue weighted by Gasteiger charge is -2.24. The molecule has 2 rings (SSSR count). The quantitative estimate of drug-likeness (QED) is 0.700. The molecule has 1 aromatic carbocycles.